The van der Waals surface area contributed by atoms with Crippen molar-refractivity contribution >= 4 is 28.5 Å². The molecule has 1 aromatic heterocycles. The van der Waals surface area contributed by atoms with E-state index in [0.29, 0.717) is 10.6 Å². The molecule has 2 aromatic carbocycles. The van der Waals surface area contributed by atoms with Crippen LogP contribution in [0.3, 0.4) is 0 Å². The van der Waals surface area contributed by atoms with Gasteiger partial charge in [0.15, 0.2) is 0 Å². The van der Waals surface area contributed by atoms with Crippen LogP contribution in [0.15, 0.2) is 48.7 Å². The van der Waals surface area contributed by atoms with Gasteiger partial charge in [0.2, 0.25) is 0 Å². The third-order valence-electron chi connectivity index (χ3n) is 3.34. The van der Waals surface area contributed by atoms with Gasteiger partial charge in [-0.05, 0) is 48.9 Å². The lowest BCUT2D eigenvalue weighted by atomic mass is 10.1. The first-order valence-corrected chi connectivity index (χ1v) is 6.55. The van der Waals surface area contributed by atoms with Crippen molar-refractivity contribution in [3.8, 4) is 5.69 Å². The lowest BCUT2D eigenvalue weighted by Crippen LogP contribution is -1.96. The Bertz CT molecular complexity index is 820. The highest BCUT2D eigenvalue weighted by Crippen LogP contribution is 2.26. The molecule has 0 saturated carbocycles. The molecule has 4 heteroatoms. The van der Waals surface area contributed by atoms with Crippen molar-refractivity contribution in [1.82, 2.24) is 4.57 Å². The van der Waals surface area contributed by atoms with Crippen molar-refractivity contribution in [1.29, 1.82) is 0 Å². The van der Waals surface area contributed by atoms with Crippen LogP contribution in [0.4, 0.5) is 0 Å². The van der Waals surface area contributed by atoms with Crippen molar-refractivity contribution in [2.75, 3.05) is 0 Å². The van der Waals surface area contributed by atoms with E-state index >= 15 is 0 Å². The summed E-state index contributed by atoms with van der Waals surface area (Å²) < 4.78 is 2.02. The first kappa shape index (κ1) is 12.8. The maximum atomic E-state index is 11.1. The van der Waals surface area contributed by atoms with Gasteiger partial charge in [-0.15, -0.1) is 0 Å². The number of aromatic nitrogens is 1. The van der Waals surface area contributed by atoms with Crippen molar-refractivity contribution in [3.63, 3.8) is 0 Å². The van der Waals surface area contributed by atoms with Crippen LogP contribution in [0.2, 0.25) is 5.02 Å². The van der Waals surface area contributed by atoms with Crippen LogP contribution < -0.4 is 0 Å². The number of hydrogen-bond donors (Lipinski definition) is 1. The maximum Gasteiger partial charge on any atom is 0.335 e. The highest BCUT2D eigenvalue weighted by molar-refractivity contribution is 6.30. The molecule has 0 bridgehead atoms. The summed E-state index contributed by atoms with van der Waals surface area (Å²) in [4.78, 5) is 11.1. The topological polar surface area (TPSA) is 42.2 Å². The van der Waals surface area contributed by atoms with E-state index in [1.807, 2.05) is 48.0 Å². The minimum Gasteiger partial charge on any atom is -0.478 e. The summed E-state index contributed by atoms with van der Waals surface area (Å²) in [5, 5.41) is 10.7. The number of rotatable bonds is 2. The third kappa shape index (κ3) is 2.06. The van der Waals surface area contributed by atoms with Gasteiger partial charge in [0.25, 0.3) is 0 Å². The molecule has 1 heterocycles. The maximum absolute atomic E-state index is 11.1. The van der Waals surface area contributed by atoms with Gasteiger partial charge in [0.05, 0.1) is 11.1 Å². The number of halogens is 1. The van der Waals surface area contributed by atoms with Gasteiger partial charge >= 0.3 is 5.97 Å². The molecular weight excluding hydrogens is 274 g/mol. The van der Waals surface area contributed by atoms with Crippen LogP contribution in [0.25, 0.3) is 16.6 Å². The van der Waals surface area contributed by atoms with Crippen molar-refractivity contribution in [3.05, 3.63) is 64.8 Å². The Kier molecular flexibility index (Phi) is 2.99. The number of aryl methyl sites for hydroxylation is 1. The van der Waals surface area contributed by atoms with E-state index in [-0.39, 0.29) is 0 Å². The minimum absolute atomic E-state index is 0.296. The van der Waals surface area contributed by atoms with Gasteiger partial charge in [-0.2, -0.15) is 0 Å². The molecule has 3 aromatic rings. The van der Waals surface area contributed by atoms with Crippen LogP contribution in [0.5, 0.6) is 0 Å². The van der Waals surface area contributed by atoms with Crippen LogP contribution in [-0.2, 0) is 0 Å². The molecule has 0 aliphatic carbocycles. The number of fused-ring (bicyclic) bond motifs is 1. The Labute approximate surface area is 121 Å². The van der Waals surface area contributed by atoms with E-state index in [1.54, 1.807) is 12.1 Å². The van der Waals surface area contributed by atoms with E-state index in [0.717, 1.165) is 22.2 Å². The second-order valence-electron chi connectivity index (χ2n) is 4.70. The zero-order valence-electron chi connectivity index (χ0n) is 10.8. The summed E-state index contributed by atoms with van der Waals surface area (Å²) in [6, 6.07) is 12.7. The molecule has 0 amide bonds. The Balaban J connectivity index is 2.25. The molecule has 0 aliphatic heterocycles. The Hall–Kier alpha value is -2.26. The fourth-order valence-corrected chi connectivity index (χ4v) is 2.55. The predicted molar refractivity (Wildman–Crippen MR) is 80.0 cm³/mol. The minimum atomic E-state index is -0.915. The normalized spacial score (nSPS) is 10.9. The average molecular weight is 286 g/mol. The molecule has 0 saturated heterocycles. The predicted octanol–water partition coefficient (Wildman–Crippen LogP) is 4.29. The Morgan fingerprint density at radius 2 is 2.00 bits per heavy atom. The second-order valence-corrected chi connectivity index (χ2v) is 5.14. The quantitative estimate of drug-likeness (QED) is 0.763. The molecule has 3 rings (SSSR count). The number of benzene rings is 2. The van der Waals surface area contributed by atoms with Crippen LogP contribution in [0.1, 0.15) is 15.9 Å². The largest absolute Gasteiger partial charge is 0.478 e. The zero-order chi connectivity index (χ0) is 14.3. The zero-order valence-corrected chi connectivity index (χ0v) is 11.6. The number of aromatic carboxylic acids is 1. The number of nitrogens with zero attached hydrogens (tertiary/aromatic N) is 1. The fourth-order valence-electron chi connectivity index (χ4n) is 2.37. The summed E-state index contributed by atoms with van der Waals surface area (Å²) >= 11 is 6.03. The van der Waals surface area contributed by atoms with Gasteiger partial charge < -0.3 is 9.67 Å². The molecule has 100 valence electrons. The molecule has 20 heavy (non-hydrogen) atoms. The second kappa shape index (κ2) is 4.69. The van der Waals surface area contributed by atoms with E-state index in [4.69, 9.17) is 16.7 Å². The fraction of sp³-hybridized carbons (Fsp3) is 0.0625. The van der Waals surface area contributed by atoms with Crippen LogP contribution >= 0.6 is 11.6 Å². The highest BCUT2D eigenvalue weighted by Gasteiger charge is 2.10. The number of carbonyl (C=O) groups is 1. The molecule has 0 atom stereocenters. The lowest BCUT2D eigenvalue weighted by Gasteiger charge is -2.06. The standard InChI is InChI=1S/C16H12ClNO2/c1-10-9-18(13-4-2-3-12(17)8-13)15-6-5-11(16(19)20)7-14(10)15/h2-9H,1H3,(H,19,20). The molecule has 1 N–H and O–H groups in total. The van der Waals surface area contributed by atoms with E-state index in [1.165, 1.54) is 0 Å². The van der Waals surface area contributed by atoms with Gasteiger partial charge in [0.1, 0.15) is 0 Å². The molecule has 0 radical (unpaired) electrons. The van der Waals surface area contributed by atoms with Gasteiger partial charge in [-0.25, -0.2) is 4.79 Å². The number of hydrogen-bond acceptors (Lipinski definition) is 1. The molecule has 0 spiro atoms. The molecule has 0 unspecified atom stereocenters. The SMILES string of the molecule is Cc1cn(-c2cccc(Cl)c2)c2ccc(C(=O)O)cc12. The number of carboxylic acid groups (broad SMARTS) is 1. The number of carboxylic acids is 1. The first-order valence-electron chi connectivity index (χ1n) is 6.17. The van der Waals surface area contributed by atoms with Crippen molar-refractivity contribution in [2.24, 2.45) is 0 Å². The summed E-state index contributed by atoms with van der Waals surface area (Å²) in [6.07, 6.45) is 1.99. The van der Waals surface area contributed by atoms with Gasteiger partial charge in [0, 0.05) is 22.3 Å². The van der Waals surface area contributed by atoms with Gasteiger partial charge in [-0.1, -0.05) is 17.7 Å². The first-order chi connectivity index (χ1) is 9.56. The van der Waals surface area contributed by atoms with Crippen molar-refractivity contribution < 1.29 is 9.90 Å². The van der Waals surface area contributed by atoms with Gasteiger partial charge in [-0.3, -0.25) is 0 Å². The monoisotopic (exact) mass is 285 g/mol. The van der Waals surface area contributed by atoms with E-state index in [2.05, 4.69) is 0 Å². The Morgan fingerprint density at radius 1 is 1.20 bits per heavy atom. The summed E-state index contributed by atoms with van der Waals surface area (Å²) in [5.74, 6) is -0.915. The summed E-state index contributed by atoms with van der Waals surface area (Å²) in [6.45, 7) is 1.97. The van der Waals surface area contributed by atoms with Crippen molar-refractivity contribution in [2.45, 2.75) is 6.92 Å². The lowest BCUT2D eigenvalue weighted by molar-refractivity contribution is 0.0697. The smallest absolute Gasteiger partial charge is 0.335 e. The molecule has 3 nitrogen and oxygen atoms in total. The van der Waals surface area contributed by atoms with Crippen LogP contribution in [-0.4, -0.2) is 15.6 Å². The summed E-state index contributed by atoms with van der Waals surface area (Å²) in [5.41, 5.74) is 3.25. The van der Waals surface area contributed by atoms with Crippen LogP contribution in [0, 0.1) is 6.92 Å². The summed E-state index contributed by atoms with van der Waals surface area (Å²) in [7, 11) is 0. The Morgan fingerprint density at radius 3 is 2.70 bits per heavy atom. The molecule has 0 fully saturated rings. The average Bonchev–Trinajstić information content (AvgIpc) is 2.76. The van der Waals surface area contributed by atoms with E-state index in [9.17, 15) is 4.79 Å². The highest BCUT2D eigenvalue weighted by atomic mass is 35.5. The molecular formula is C16H12ClNO2. The van der Waals surface area contributed by atoms with E-state index < -0.39 is 5.97 Å². The molecule has 0 aliphatic rings. The third-order valence-corrected chi connectivity index (χ3v) is 3.57.